The average Bonchev–Trinajstić information content (AvgIpc) is 2.67. The molecule has 8 heteroatoms. The van der Waals surface area contributed by atoms with E-state index in [-0.39, 0.29) is 17.7 Å². The number of ether oxygens (including phenoxy) is 1. The van der Waals surface area contributed by atoms with Crippen LogP contribution in [0.3, 0.4) is 0 Å². The van der Waals surface area contributed by atoms with Crippen LogP contribution in [0.4, 0.5) is 5.69 Å². The van der Waals surface area contributed by atoms with Gasteiger partial charge in [0.25, 0.3) is 5.91 Å². The molecule has 1 atom stereocenters. The standard InChI is InChI=1S/C21H29N3O4S/c1-5-13-29(26,27)23-17-10-8-9-16(14-17)21(25)22-15-19(24(2)3)18-11-6-7-12-20(18)28-4/h6-12,14,19,23H,5,13,15H2,1-4H3,(H,22,25)/t19-/m0/s1. The first kappa shape index (κ1) is 22.7. The minimum Gasteiger partial charge on any atom is -0.496 e. The molecule has 1 amide bonds. The zero-order valence-corrected chi connectivity index (χ0v) is 18.1. The number of likely N-dealkylation sites (N-methyl/N-ethyl adjacent to an activating group) is 1. The van der Waals surface area contributed by atoms with Crippen LogP contribution in [0.5, 0.6) is 5.75 Å². The number of hydrogen-bond donors (Lipinski definition) is 2. The number of rotatable bonds is 10. The summed E-state index contributed by atoms with van der Waals surface area (Å²) in [5.41, 5.74) is 1.74. The van der Waals surface area contributed by atoms with E-state index in [2.05, 4.69) is 10.0 Å². The van der Waals surface area contributed by atoms with Crippen LogP contribution in [0.25, 0.3) is 0 Å². The lowest BCUT2D eigenvalue weighted by molar-refractivity contribution is 0.0941. The molecule has 0 aromatic heterocycles. The molecule has 7 nitrogen and oxygen atoms in total. The Kier molecular flexibility index (Phi) is 8.04. The average molecular weight is 420 g/mol. The number of carbonyl (C=O) groups excluding carboxylic acids is 1. The zero-order chi connectivity index (χ0) is 21.4. The van der Waals surface area contributed by atoms with Crippen molar-refractivity contribution in [2.75, 3.05) is 38.2 Å². The summed E-state index contributed by atoms with van der Waals surface area (Å²) in [6, 6.07) is 14.1. The third kappa shape index (κ3) is 6.47. The molecule has 0 aliphatic heterocycles. The predicted octanol–water partition coefficient (Wildman–Crippen LogP) is 2.88. The van der Waals surface area contributed by atoms with E-state index in [1.807, 2.05) is 43.3 Å². The Morgan fingerprint density at radius 3 is 2.52 bits per heavy atom. The molecule has 2 aromatic carbocycles. The Labute approximate surface area is 173 Å². The van der Waals surface area contributed by atoms with Crippen LogP contribution >= 0.6 is 0 Å². The molecule has 2 aromatic rings. The zero-order valence-electron chi connectivity index (χ0n) is 17.3. The van der Waals surface area contributed by atoms with Gasteiger partial charge in [-0.2, -0.15) is 0 Å². The summed E-state index contributed by atoms with van der Waals surface area (Å²) in [7, 11) is 2.08. The van der Waals surface area contributed by atoms with Crippen LogP contribution in [0.1, 0.15) is 35.3 Å². The smallest absolute Gasteiger partial charge is 0.251 e. The summed E-state index contributed by atoms with van der Waals surface area (Å²) in [6.45, 7) is 2.17. The maximum Gasteiger partial charge on any atom is 0.251 e. The van der Waals surface area contributed by atoms with Crippen molar-refractivity contribution in [2.24, 2.45) is 0 Å². The van der Waals surface area contributed by atoms with Crippen LogP contribution in [0, 0.1) is 0 Å². The van der Waals surface area contributed by atoms with Crippen LogP contribution in [0.2, 0.25) is 0 Å². The third-order valence-corrected chi connectivity index (χ3v) is 5.94. The Morgan fingerprint density at radius 1 is 1.14 bits per heavy atom. The second-order valence-corrected chi connectivity index (χ2v) is 8.77. The molecule has 0 heterocycles. The normalized spacial score (nSPS) is 12.4. The van der Waals surface area contributed by atoms with Gasteiger partial charge in [0, 0.05) is 23.4 Å². The second kappa shape index (κ2) is 10.3. The van der Waals surface area contributed by atoms with Crippen molar-refractivity contribution < 1.29 is 17.9 Å². The third-order valence-electron chi connectivity index (χ3n) is 4.45. The molecular formula is C21H29N3O4S. The highest BCUT2D eigenvalue weighted by Gasteiger charge is 2.19. The minimum absolute atomic E-state index is 0.0346. The number of sulfonamides is 1. The molecule has 0 bridgehead atoms. The number of nitrogens with zero attached hydrogens (tertiary/aromatic N) is 1. The van der Waals surface area contributed by atoms with Gasteiger partial charge in [0.15, 0.2) is 0 Å². The highest BCUT2D eigenvalue weighted by atomic mass is 32.2. The summed E-state index contributed by atoms with van der Waals surface area (Å²) in [6.07, 6.45) is 0.518. The first-order valence-electron chi connectivity index (χ1n) is 9.45. The molecule has 0 saturated carbocycles. The molecule has 0 radical (unpaired) electrons. The Morgan fingerprint density at radius 2 is 1.86 bits per heavy atom. The number of amides is 1. The quantitative estimate of drug-likeness (QED) is 0.618. The molecular weight excluding hydrogens is 390 g/mol. The molecule has 29 heavy (non-hydrogen) atoms. The van der Waals surface area contributed by atoms with Gasteiger partial charge in [0.2, 0.25) is 10.0 Å². The van der Waals surface area contributed by atoms with E-state index >= 15 is 0 Å². The van der Waals surface area contributed by atoms with Crippen LogP contribution in [0.15, 0.2) is 48.5 Å². The minimum atomic E-state index is -3.41. The van der Waals surface area contributed by atoms with Gasteiger partial charge in [-0.25, -0.2) is 8.42 Å². The van der Waals surface area contributed by atoms with Gasteiger partial charge in [0.1, 0.15) is 5.75 Å². The van der Waals surface area contributed by atoms with Crippen molar-refractivity contribution in [3.63, 3.8) is 0 Å². The van der Waals surface area contributed by atoms with Gasteiger partial charge in [-0.05, 0) is 44.8 Å². The van der Waals surface area contributed by atoms with Gasteiger partial charge < -0.3 is 15.0 Å². The molecule has 0 spiro atoms. The summed E-state index contributed by atoms with van der Waals surface area (Å²) in [4.78, 5) is 14.7. The second-order valence-electron chi connectivity index (χ2n) is 6.93. The summed E-state index contributed by atoms with van der Waals surface area (Å²) >= 11 is 0. The van der Waals surface area contributed by atoms with Gasteiger partial charge in [-0.15, -0.1) is 0 Å². The summed E-state index contributed by atoms with van der Waals surface area (Å²) < 4.78 is 31.9. The Bertz CT molecular complexity index is 929. The lowest BCUT2D eigenvalue weighted by atomic mass is 10.0. The van der Waals surface area contributed by atoms with E-state index < -0.39 is 10.0 Å². The fourth-order valence-electron chi connectivity index (χ4n) is 3.03. The van der Waals surface area contributed by atoms with Gasteiger partial charge in [-0.1, -0.05) is 31.2 Å². The molecule has 0 aliphatic carbocycles. The van der Waals surface area contributed by atoms with Crippen LogP contribution < -0.4 is 14.8 Å². The fourth-order valence-corrected chi connectivity index (χ4v) is 4.15. The van der Waals surface area contributed by atoms with Gasteiger partial charge in [0.05, 0.1) is 18.9 Å². The van der Waals surface area contributed by atoms with Crippen molar-refractivity contribution in [3.05, 3.63) is 59.7 Å². The van der Waals surface area contributed by atoms with E-state index in [1.165, 1.54) is 6.07 Å². The van der Waals surface area contributed by atoms with Crippen LogP contribution in [-0.2, 0) is 10.0 Å². The van der Waals surface area contributed by atoms with E-state index in [9.17, 15) is 13.2 Å². The number of methoxy groups -OCH3 is 1. The number of benzene rings is 2. The van der Waals surface area contributed by atoms with E-state index in [0.717, 1.165) is 11.3 Å². The lowest BCUT2D eigenvalue weighted by Gasteiger charge is -2.26. The van der Waals surface area contributed by atoms with Crippen molar-refractivity contribution in [1.82, 2.24) is 10.2 Å². The molecule has 0 aliphatic rings. The molecule has 0 saturated heterocycles. The van der Waals surface area contributed by atoms with Crippen molar-refractivity contribution >= 4 is 21.6 Å². The van der Waals surface area contributed by atoms with Crippen LogP contribution in [-0.4, -0.2) is 52.7 Å². The maximum atomic E-state index is 12.7. The van der Waals surface area contributed by atoms with Gasteiger partial charge in [-0.3, -0.25) is 9.52 Å². The lowest BCUT2D eigenvalue weighted by Crippen LogP contribution is -2.34. The first-order chi connectivity index (χ1) is 13.8. The summed E-state index contributed by atoms with van der Waals surface area (Å²) in [5, 5.41) is 2.93. The topological polar surface area (TPSA) is 87.7 Å². The molecule has 0 unspecified atom stereocenters. The number of para-hydroxylation sites is 1. The highest BCUT2D eigenvalue weighted by molar-refractivity contribution is 7.92. The monoisotopic (exact) mass is 419 g/mol. The molecule has 2 rings (SSSR count). The largest absolute Gasteiger partial charge is 0.496 e. The van der Waals surface area contributed by atoms with Gasteiger partial charge >= 0.3 is 0 Å². The highest BCUT2D eigenvalue weighted by Crippen LogP contribution is 2.27. The van der Waals surface area contributed by atoms with Crippen molar-refractivity contribution in [2.45, 2.75) is 19.4 Å². The molecule has 2 N–H and O–H groups in total. The Balaban J connectivity index is 2.12. The van der Waals surface area contributed by atoms with E-state index in [1.54, 1.807) is 32.2 Å². The summed E-state index contributed by atoms with van der Waals surface area (Å²) in [5.74, 6) is 0.517. The molecule has 158 valence electrons. The molecule has 0 fully saturated rings. The first-order valence-corrected chi connectivity index (χ1v) is 11.1. The predicted molar refractivity (Wildman–Crippen MR) is 116 cm³/mol. The maximum absolute atomic E-state index is 12.7. The van der Waals surface area contributed by atoms with E-state index in [4.69, 9.17) is 4.74 Å². The number of hydrogen-bond acceptors (Lipinski definition) is 5. The SMILES string of the molecule is CCCS(=O)(=O)Nc1cccc(C(=O)NC[C@@H](c2ccccc2OC)N(C)C)c1. The number of nitrogens with one attached hydrogen (secondary N) is 2. The van der Waals surface area contributed by atoms with Crippen molar-refractivity contribution in [3.8, 4) is 5.75 Å². The van der Waals surface area contributed by atoms with E-state index in [0.29, 0.717) is 24.2 Å². The Hall–Kier alpha value is -2.58. The van der Waals surface area contributed by atoms with Crippen molar-refractivity contribution in [1.29, 1.82) is 0 Å². The fraction of sp³-hybridized carbons (Fsp3) is 0.381. The number of carbonyl (C=O) groups is 1. The number of anilines is 1.